The number of aromatic nitrogens is 2. The third kappa shape index (κ3) is 3.67. The summed E-state index contributed by atoms with van der Waals surface area (Å²) in [7, 11) is 0. The number of hydrogen-bond acceptors (Lipinski definition) is 4. The highest BCUT2D eigenvalue weighted by molar-refractivity contribution is 5.84. The van der Waals surface area contributed by atoms with Crippen LogP contribution < -0.4 is 10.9 Å². The van der Waals surface area contributed by atoms with Crippen molar-refractivity contribution in [2.45, 2.75) is 19.5 Å². The molecule has 5 aromatic rings. The smallest absolute Gasteiger partial charge is 0.275 e. The zero-order valence-corrected chi connectivity index (χ0v) is 17.5. The minimum Gasteiger partial charge on any atom is -0.459 e. The summed E-state index contributed by atoms with van der Waals surface area (Å²) in [5.74, 6) is 0.296. The Morgan fingerprint density at radius 3 is 2.44 bits per heavy atom. The van der Waals surface area contributed by atoms with Gasteiger partial charge in [0.2, 0.25) is 5.91 Å². The maximum Gasteiger partial charge on any atom is 0.275 e. The summed E-state index contributed by atoms with van der Waals surface area (Å²) in [5, 5.41) is 9.67. The average Bonchev–Trinajstić information content (AvgIpc) is 3.25. The number of carbonyl (C=O) groups is 1. The predicted octanol–water partition coefficient (Wildman–Crippen LogP) is 4.36. The highest BCUT2D eigenvalue weighted by Crippen LogP contribution is 2.28. The number of nitrogens with zero attached hydrogens (tertiary/aromatic N) is 2. The normalized spacial score (nSPS) is 12.2. The molecule has 0 radical (unpaired) electrons. The number of para-hydroxylation sites is 1. The quantitative estimate of drug-likeness (QED) is 0.456. The van der Waals surface area contributed by atoms with Gasteiger partial charge in [-0.15, -0.1) is 0 Å². The molecule has 5 rings (SSSR count). The van der Waals surface area contributed by atoms with E-state index in [-0.39, 0.29) is 18.0 Å². The second kappa shape index (κ2) is 8.15. The van der Waals surface area contributed by atoms with Crippen LogP contribution >= 0.6 is 0 Å². The maximum atomic E-state index is 13.0. The van der Waals surface area contributed by atoms with E-state index in [2.05, 4.69) is 10.4 Å². The Bertz CT molecular complexity index is 1450. The molecule has 0 saturated carbocycles. The van der Waals surface area contributed by atoms with E-state index >= 15 is 0 Å². The van der Waals surface area contributed by atoms with Gasteiger partial charge in [-0.25, -0.2) is 4.68 Å². The molecule has 2 aromatic heterocycles. The van der Waals surface area contributed by atoms with Gasteiger partial charge >= 0.3 is 0 Å². The predicted molar refractivity (Wildman–Crippen MR) is 123 cm³/mol. The van der Waals surface area contributed by atoms with Crippen molar-refractivity contribution in [1.82, 2.24) is 15.1 Å². The second-order valence-corrected chi connectivity index (χ2v) is 7.69. The van der Waals surface area contributed by atoms with Gasteiger partial charge in [0.05, 0.1) is 11.1 Å². The molecule has 32 heavy (non-hydrogen) atoms. The zero-order chi connectivity index (χ0) is 22.1. The van der Waals surface area contributed by atoms with Gasteiger partial charge in [-0.05, 0) is 30.7 Å². The summed E-state index contributed by atoms with van der Waals surface area (Å²) in [4.78, 5) is 25.9. The minimum absolute atomic E-state index is 0.186. The topological polar surface area (TPSA) is 77.1 Å². The fraction of sp³-hybridized carbons (Fsp3) is 0.115. The number of fused-ring (bicyclic) bond motifs is 2. The molecule has 1 amide bonds. The molecule has 6 heteroatoms. The fourth-order valence-corrected chi connectivity index (χ4v) is 3.96. The van der Waals surface area contributed by atoms with Crippen LogP contribution in [0, 0.1) is 6.92 Å². The molecule has 3 aromatic carbocycles. The van der Waals surface area contributed by atoms with Crippen LogP contribution in [0.1, 0.15) is 23.1 Å². The van der Waals surface area contributed by atoms with Gasteiger partial charge in [-0.2, -0.15) is 5.10 Å². The molecule has 0 aliphatic rings. The lowest BCUT2D eigenvalue weighted by Gasteiger charge is -2.17. The van der Waals surface area contributed by atoms with Crippen molar-refractivity contribution in [1.29, 1.82) is 0 Å². The molecule has 0 fully saturated rings. The second-order valence-electron chi connectivity index (χ2n) is 7.69. The number of aryl methyl sites for hydroxylation is 1. The molecule has 158 valence electrons. The largest absolute Gasteiger partial charge is 0.459 e. The standard InChI is InChI=1S/C26H21N3O3/c1-17-20-12-6-7-13-21(20)26(31)29(28-17)16-24(30)27-25(18-9-3-2-4-10-18)23-15-19-11-5-8-14-22(19)32-23/h2-15,25H,16H2,1H3,(H,27,30). The van der Waals surface area contributed by atoms with Crippen molar-refractivity contribution in [3.63, 3.8) is 0 Å². The first kappa shape index (κ1) is 19.8. The van der Waals surface area contributed by atoms with Crippen LogP contribution in [0.5, 0.6) is 0 Å². The summed E-state index contributed by atoms with van der Waals surface area (Å²) in [6, 6.07) is 26.0. The first-order valence-corrected chi connectivity index (χ1v) is 10.4. The highest BCUT2D eigenvalue weighted by Gasteiger charge is 2.22. The van der Waals surface area contributed by atoms with Gasteiger partial charge in [-0.1, -0.05) is 66.7 Å². The van der Waals surface area contributed by atoms with Crippen LogP contribution in [0.3, 0.4) is 0 Å². The lowest BCUT2D eigenvalue weighted by atomic mass is 10.0. The monoisotopic (exact) mass is 423 g/mol. The lowest BCUT2D eigenvalue weighted by molar-refractivity contribution is -0.122. The van der Waals surface area contributed by atoms with Crippen LogP contribution in [0.2, 0.25) is 0 Å². The van der Waals surface area contributed by atoms with Gasteiger partial charge in [0.25, 0.3) is 5.56 Å². The third-order valence-electron chi connectivity index (χ3n) is 5.51. The summed E-state index contributed by atoms with van der Waals surface area (Å²) in [6.45, 7) is 1.64. The zero-order valence-electron chi connectivity index (χ0n) is 17.5. The summed E-state index contributed by atoms with van der Waals surface area (Å²) < 4.78 is 7.25. The van der Waals surface area contributed by atoms with Crippen LogP contribution in [0.4, 0.5) is 0 Å². The van der Waals surface area contributed by atoms with E-state index in [1.807, 2.05) is 79.7 Å². The Morgan fingerprint density at radius 2 is 1.66 bits per heavy atom. The number of hydrogen-bond donors (Lipinski definition) is 1. The Kier molecular flexibility index (Phi) is 5.03. The van der Waals surface area contributed by atoms with E-state index in [1.165, 1.54) is 4.68 Å². The number of amides is 1. The van der Waals surface area contributed by atoms with Gasteiger partial charge in [-0.3, -0.25) is 9.59 Å². The Balaban J connectivity index is 1.48. The number of carbonyl (C=O) groups excluding carboxylic acids is 1. The number of rotatable bonds is 5. The average molecular weight is 423 g/mol. The Morgan fingerprint density at radius 1 is 0.969 bits per heavy atom. The lowest BCUT2D eigenvalue weighted by Crippen LogP contribution is -2.36. The molecule has 0 spiro atoms. The van der Waals surface area contributed by atoms with E-state index in [0.29, 0.717) is 16.8 Å². The van der Waals surface area contributed by atoms with Crippen molar-refractivity contribution in [3.8, 4) is 0 Å². The first-order valence-electron chi connectivity index (χ1n) is 10.4. The van der Waals surface area contributed by atoms with Crippen LogP contribution in [0.25, 0.3) is 21.7 Å². The molecule has 1 N–H and O–H groups in total. The van der Waals surface area contributed by atoms with E-state index in [9.17, 15) is 9.59 Å². The molecular weight excluding hydrogens is 402 g/mol. The van der Waals surface area contributed by atoms with Crippen molar-refractivity contribution < 1.29 is 9.21 Å². The Hall–Kier alpha value is -4.19. The van der Waals surface area contributed by atoms with Gasteiger partial charge in [0.1, 0.15) is 23.9 Å². The molecule has 0 aliphatic heterocycles. The first-order chi connectivity index (χ1) is 15.6. The van der Waals surface area contributed by atoms with E-state index in [0.717, 1.165) is 21.9 Å². The fourth-order valence-electron chi connectivity index (χ4n) is 3.96. The molecule has 0 aliphatic carbocycles. The molecule has 6 nitrogen and oxygen atoms in total. The van der Waals surface area contributed by atoms with Crippen LogP contribution in [0.15, 0.2) is 94.1 Å². The minimum atomic E-state index is -0.492. The van der Waals surface area contributed by atoms with Crippen molar-refractivity contribution in [2.75, 3.05) is 0 Å². The number of nitrogens with one attached hydrogen (secondary N) is 1. The molecule has 2 heterocycles. The van der Waals surface area contributed by atoms with Crippen molar-refractivity contribution in [2.24, 2.45) is 0 Å². The summed E-state index contributed by atoms with van der Waals surface area (Å²) in [6.07, 6.45) is 0. The van der Waals surface area contributed by atoms with Crippen molar-refractivity contribution >= 4 is 27.6 Å². The SMILES string of the molecule is Cc1nn(CC(=O)NC(c2ccccc2)c2cc3ccccc3o2)c(=O)c2ccccc12. The molecule has 0 saturated heterocycles. The van der Waals surface area contributed by atoms with Gasteiger partial charge < -0.3 is 9.73 Å². The van der Waals surface area contributed by atoms with E-state index < -0.39 is 6.04 Å². The number of furan rings is 1. The van der Waals surface area contributed by atoms with Crippen LogP contribution in [-0.4, -0.2) is 15.7 Å². The third-order valence-corrected chi connectivity index (χ3v) is 5.51. The van der Waals surface area contributed by atoms with Gasteiger partial charge in [0, 0.05) is 10.8 Å². The van der Waals surface area contributed by atoms with E-state index in [1.54, 1.807) is 12.1 Å². The maximum absolute atomic E-state index is 13.0. The van der Waals surface area contributed by atoms with Crippen molar-refractivity contribution in [3.05, 3.63) is 112 Å². The molecule has 1 atom stereocenters. The molecule has 1 unspecified atom stereocenters. The van der Waals surface area contributed by atoms with Crippen LogP contribution in [-0.2, 0) is 11.3 Å². The molecular formula is C26H21N3O3. The highest BCUT2D eigenvalue weighted by atomic mass is 16.3. The summed E-state index contributed by atoms with van der Waals surface area (Å²) in [5.41, 5.74) is 2.04. The van der Waals surface area contributed by atoms with Gasteiger partial charge in [0.15, 0.2) is 0 Å². The number of benzene rings is 3. The Labute approximate surface area is 184 Å². The summed E-state index contributed by atoms with van der Waals surface area (Å²) >= 11 is 0. The molecule has 0 bridgehead atoms. The van der Waals surface area contributed by atoms with E-state index in [4.69, 9.17) is 4.42 Å².